The molecule has 3 aromatic rings. The topological polar surface area (TPSA) is 59.6 Å². The largest absolute Gasteiger partial charge is 0.457 e. The first kappa shape index (κ1) is 16.1. The molecule has 130 valence electrons. The van der Waals surface area contributed by atoms with Gasteiger partial charge in [-0.05, 0) is 59.7 Å². The number of nitrogens with two attached hydrogens (primary N) is 1. The molecule has 26 heavy (non-hydrogen) atoms. The van der Waals surface area contributed by atoms with Crippen LogP contribution < -0.4 is 15.8 Å². The van der Waals surface area contributed by atoms with E-state index in [1.54, 1.807) is 12.1 Å². The highest BCUT2D eigenvalue weighted by molar-refractivity contribution is 6.03. The summed E-state index contributed by atoms with van der Waals surface area (Å²) in [4.78, 5) is 4.64. The molecule has 0 unspecified atom stereocenters. The quantitative estimate of drug-likeness (QED) is 0.669. The highest BCUT2D eigenvalue weighted by Crippen LogP contribution is 2.26. The zero-order valence-electron chi connectivity index (χ0n) is 14.1. The average molecular weight is 347 g/mol. The Hall–Kier alpha value is -3.34. The number of rotatable bonds is 4. The number of halogens is 1. The summed E-state index contributed by atoms with van der Waals surface area (Å²) < 4.78 is 18.6. The maximum absolute atomic E-state index is 12.9. The van der Waals surface area contributed by atoms with Crippen molar-refractivity contribution >= 4 is 17.2 Å². The van der Waals surface area contributed by atoms with Crippen LogP contribution in [0.5, 0.6) is 11.5 Å². The molecule has 1 aliphatic heterocycles. The van der Waals surface area contributed by atoms with Crippen molar-refractivity contribution in [3.8, 4) is 11.5 Å². The van der Waals surface area contributed by atoms with E-state index >= 15 is 0 Å². The van der Waals surface area contributed by atoms with Gasteiger partial charge in [-0.3, -0.25) is 4.99 Å². The number of nitrogens with one attached hydrogen (secondary N) is 1. The van der Waals surface area contributed by atoms with Crippen LogP contribution in [0.4, 0.5) is 15.8 Å². The summed E-state index contributed by atoms with van der Waals surface area (Å²) in [6.07, 6.45) is 0.793. The van der Waals surface area contributed by atoms with Crippen LogP contribution in [0.2, 0.25) is 0 Å². The second kappa shape index (κ2) is 6.88. The first-order valence-corrected chi connectivity index (χ1v) is 8.37. The lowest BCUT2D eigenvalue weighted by atomic mass is 10.1. The van der Waals surface area contributed by atoms with E-state index < -0.39 is 0 Å². The molecule has 0 spiro atoms. The second-order valence-electron chi connectivity index (χ2n) is 6.18. The summed E-state index contributed by atoms with van der Waals surface area (Å²) in [6, 6.07) is 19.5. The fraction of sp³-hybridized carbons (Fsp3) is 0.0952. The Morgan fingerprint density at radius 2 is 1.65 bits per heavy atom. The molecule has 0 aromatic heterocycles. The summed E-state index contributed by atoms with van der Waals surface area (Å²) in [5, 5.41) is 3.31. The number of aliphatic imine (C=N–C) groups is 1. The number of nitrogens with zero attached hydrogens (tertiary/aromatic N) is 1. The van der Waals surface area contributed by atoms with Crippen LogP contribution in [0.25, 0.3) is 0 Å². The maximum atomic E-state index is 12.9. The monoisotopic (exact) mass is 347 g/mol. The number of amidine groups is 1. The molecule has 0 radical (unpaired) electrons. The first-order chi connectivity index (χ1) is 12.7. The molecule has 3 aromatic carbocycles. The number of nitrogen functional groups attached to an aromatic ring is 1. The van der Waals surface area contributed by atoms with E-state index in [9.17, 15) is 4.39 Å². The standard InChI is InChI=1S/C21H18FN3O/c22-16-4-9-19(10-5-16)26-18-7-1-14(2-8-18)13-24-21-11-15-3-6-17(23)12-20(15)25-21/h1-10,12H,11,13,23H2,(H,24,25). The average Bonchev–Trinajstić information content (AvgIpc) is 3.05. The minimum atomic E-state index is -0.280. The fourth-order valence-electron chi connectivity index (χ4n) is 2.83. The van der Waals surface area contributed by atoms with Gasteiger partial charge in [0.2, 0.25) is 0 Å². The van der Waals surface area contributed by atoms with Crippen molar-refractivity contribution in [3.63, 3.8) is 0 Å². The van der Waals surface area contributed by atoms with E-state index in [2.05, 4.69) is 10.3 Å². The number of hydrogen-bond donors (Lipinski definition) is 2. The Labute approximate surface area is 151 Å². The van der Waals surface area contributed by atoms with Gasteiger partial charge in [0, 0.05) is 17.8 Å². The zero-order valence-corrected chi connectivity index (χ0v) is 14.1. The SMILES string of the molecule is Nc1ccc2c(c1)NC(=NCc1ccc(Oc3ccc(F)cc3)cc1)C2. The van der Waals surface area contributed by atoms with Crippen molar-refractivity contribution in [1.29, 1.82) is 0 Å². The molecule has 0 aliphatic carbocycles. The molecule has 0 fully saturated rings. The van der Waals surface area contributed by atoms with Crippen LogP contribution in [-0.2, 0) is 13.0 Å². The molecule has 0 atom stereocenters. The fourth-order valence-corrected chi connectivity index (χ4v) is 2.83. The molecule has 4 rings (SSSR count). The Kier molecular flexibility index (Phi) is 4.27. The van der Waals surface area contributed by atoms with E-state index in [1.165, 1.54) is 17.7 Å². The van der Waals surface area contributed by atoms with Gasteiger partial charge in [-0.15, -0.1) is 0 Å². The number of anilines is 2. The van der Waals surface area contributed by atoms with E-state index in [4.69, 9.17) is 10.5 Å². The summed E-state index contributed by atoms with van der Waals surface area (Å²) in [6.45, 7) is 0.586. The van der Waals surface area contributed by atoms with Crippen LogP contribution in [0, 0.1) is 5.82 Å². The lowest BCUT2D eigenvalue weighted by molar-refractivity contribution is 0.480. The molecule has 1 heterocycles. The molecule has 0 amide bonds. The lowest BCUT2D eigenvalue weighted by Gasteiger charge is -2.06. The second-order valence-corrected chi connectivity index (χ2v) is 6.18. The van der Waals surface area contributed by atoms with E-state index in [0.29, 0.717) is 18.0 Å². The van der Waals surface area contributed by atoms with E-state index in [1.807, 2.05) is 42.5 Å². The van der Waals surface area contributed by atoms with E-state index in [0.717, 1.165) is 29.2 Å². The third kappa shape index (κ3) is 3.67. The summed E-state index contributed by atoms with van der Waals surface area (Å²) >= 11 is 0. The smallest absolute Gasteiger partial charge is 0.127 e. The van der Waals surface area contributed by atoms with E-state index in [-0.39, 0.29) is 5.82 Å². The Bertz CT molecular complexity index is 950. The molecule has 0 bridgehead atoms. The van der Waals surface area contributed by atoms with Gasteiger partial charge in [0.1, 0.15) is 23.2 Å². The summed E-state index contributed by atoms with van der Waals surface area (Å²) in [7, 11) is 0. The minimum Gasteiger partial charge on any atom is -0.457 e. The molecule has 3 N–H and O–H groups in total. The van der Waals surface area contributed by atoms with Crippen molar-refractivity contribution in [2.75, 3.05) is 11.1 Å². The number of hydrogen-bond acceptors (Lipinski definition) is 3. The Balaban J connectivity index is 1.38. The van der Waals surface area contributed by atoms with Gasteiger partial charge in [0.25, 0.3) is 0 Å². The molecule has 1 aliphatic rings. The van der Waals surface area contributed by atoms with Gasteiger partial charge in [0.05, 0.1) is 6.54 Å². The number of fused-ring (bicyclic) bond motifs is 1. The van der Waals surface area contributed by atoms with Crippen molar-refractivity contribution in [2.45, 2.75) is 13.0 Å². The Morgan fingerprint density at radius 3 is 2.38 bits per heavy atom. The van der Waals surface area contributed by atoms with Crippen molar-refractivity contribution in [3.05, 3.63) is 83.7 Å². The predicted octanol–water partition coefficient (Wildman–Crippen LogP) is 4.77. The molecular formula is C21H18FN3O. The van der Waals surface area contributed by atoms with Gasteiger partial charge in [-0.1, -0.05) is 18.2 Å². The summed E-state index contributed by atoms with van der Waals surface area (Å²) in [5.41, 5.74) is 9.88. The van der Waals surface area contributed by atoms with Gasteiger partial charge >= 0.3 is 0 Å². The van der Waals surface area contributed by atoms with Crippen LogP contribution in [0.15, 0.2) is 71.7 Å². The van der Waals surface area contributed by atoms with Gasteiger partial charge in [-0.25, -0.2) is 4.39 Å². The third-order valence-electron chi connectivity index (χ3n) is 4.20. The highest BCUT2D eigenvalue weighted by atomic mass is 19.1. The van der Waals surface area contributed by atoms with Crippen LogP contribution in [0.1, 0.15) is 11.1 Å². The maximum Gasteiger partial charge on any atom is 0.127 e. The van der Waals surface area contributed by atoms with Crippen molar-refractivity contribution in [2.24, 2.45) is 4.99 Å². The normalized spacial score (nSPS) is 14.1. The first-order valence-electron chi connectivity index (χ1n) is 8.37. The summed E-state index contributed by atoms with van der Waals surface area (Å²) in [5.74, 6) is 1.97. The molecule has 4 nitrogen and oxygen atoms in total. The predicted molar refractivity (Wildman–Crippen MR) is 102 cm³/mol. The number of ether oxygens (including phenoxy) is 1. The lowest BCUT2D eigenvalue weighted by Crippen LogP contribution is -2.06. The van der Waals surface area contributed by atoms with Crippen molar-refractivity contribution < 1.29 is 9.13 Å². The Morgan fingerprint density at radius 1 is 0.962 bits per heavy atom. The van der Waals surface area contributed by atoms with Gasteiger partial charge in [-0.2, -0.15) is 0 Å². The van der Waals surface area contributed by atoms with Gasteiger partial charge in [0.15, 0.2) is 0 Å². The van der Waals surface area contributed by atoms with Crippen LogP contribution in [-0.4, -0.2) is 5.84 Å². The van der Waals surface area contributed by atoms with Crippen molar-refractivity contribution in [1.82, 2.24) is 0 Å². The third-order valence-corrected chi connectivity index (χ3v) is 4.20. The van der Waals surface area contributed by atoms with Crippen LogP contribution in [0.3, 0.4) is 0 Å². The molecule has 0 saturated carbocycles. The van der Waals surface area contributed by atoms with Gasteiger partial charge < -0.3 is 15.8 Å². The molecular weight excluding hydrogens is 329 g/mol. The molecule has 5 heteroatoms. The van der Waals surface area contributed by atoms with Crippen LogP contribution >= 0.6 is 0 Å². The molecule has 0 saturated heterocycles. The highest BCUT2D eigenvalue weighted by Gasteiger charge is 2.15. The minimum absolute atomic E-state index is 0.280. The zero-order chi connectivity index (χ0) is 17.9. The number of benzene rings is 3.